The highest BCUT2D eigenvalue weighted by Gasteiger charge is 2.17. The first-order valence-electron chi connectivity index (χ1n) is 5.92. The summed E-state index contributed by atoms with van der Waals surface area (Å²) in [6, 6.07) is 4.62. The lowest BCUT2D eigenvalue weighted by Crippen LogP contribution is -2.14. The second-order valence-corrected chi connectivity index (χ2v) is 5.75. The third-order valence-electron chi connectivity index (χ3n) is 2.49. The molecular weight excluding hydrogens is 282 g/mol. The zero-order chi connectivity index (χ0) is 14.8. The van der Waals surface area contributed by atoms with Crippen LogP contribution in [0.15, 0.2) is 23.1 Å². The van der Waals surface area contributed by atoms with Crippen molar-refractivity contribution >= 4 is 16.0 Å². The van der Waals surface area contributed by atoms with E-state index in [-0.39, 0.29) is 10.8 Å². The van der Waals surface area contributed by atoms with Crippen molar-refractivity contribution in [1.82, 2.24) is 20.2 Å². The predicted molar refractivity (Wildman–Crippen MR) is 72.0 cm³/mol. The van der Waals surface area contributed by atoms with Gasteiger partial charge in [-0.3, -0.25) is 0 Å². The highest BCUT2D eigenvalue weighted by molar-refractivity contribution is 7.92. The Bertz CT molecular complexity index is 711. The predicted octanol–water partition coefficient (Wildman–Crippen LogP) is 0.718. The Kier molecular flexibility index (Phi) is 3.89. The summed E-state index contributed by atoms with van der Waals surface area (Å²) in [4.78, 5) is 1.28. The quantitative estimate of drug-likeness (QED) is 0.873. The van der Waals surface area contributed by atoms with Crippen molar-refractivity contribution in [3.05, 3.63) is 23.8 Å². The van der Waals surface area contributed by atoms with Crippen LogP contribution < -0.4 is 9.46 Å². The minimum atomic E-state index is -3.74. The number of aryl methyl sites for hydroxylation is 2. The van der Waals surface area contributed by atoms with Crippen LogP contribution in [0, 0.1) is 6.92 Å². The van der Waals surface area contributed by atoms with Gasteiger partial charge < -0.3 is 4.74 Å². The van der Waals surface area contributed by atoms with Gasteiger partial charge in [0.2, 0.25) is 0 Å². The molecule has 1 aromatic carbocycles. The molecule has 108 valence electrons. The van der Waals surface area contributed by atoms with Crippen molar-refractivity contribution in [3.63, 3.8) is 0 Å². The number of aromatic nitrogens is 4. The molecule has 2 aromatic rings. The van der Waals surface area contributed by atoms with Gasteiger partial charge in [0.15, 0.2) is 0 Å². The molecule has 0 radical (unpaired) electrons. The molecule has 0 bridgehead atoms. The maximum absolute atomic E-state index is 12.2. The Morgan fingerprint density at radius 3 is 2.70 bits per heavy atom. The van der Waals surface area contributed by atoms with E-state index >= 15 is 0 Å². The number of hydrogen-bond donors (Lipinski definition) is 1. The van der Waals surface area contributed by atoms with Gasteiger partial charge in [0.05, 0.1) is 18.6 Å². The van der Waals surface area contributed by atoms with Gasteiger partial charge in [0, 0.05) is 0 Å². The molecule has 0 unspecified atom stereocenters. The van der Waals surface area contributed by atoms with Gasteiger partial charge in [0.25, 0.3) is 16.0 Å². The van der Waals surface area contributed by atoms with E-state index in [9.17, 15) is 8.42 Å². The highest BCUT2D eigenvalue weighted by Crippen LogP contribution is 2.22. The first-order valence-corrected chi connectivity index (χ1v) is 7.41. The van der Waals surface area contributed by atoms with E-state index in [0.717, 1.165) is 5.56 Å². The van der Waals surface area contributed by atoms with Crippen LogP contribution in [0.2, 0.25) is 0 Å². The molecular formula is C11H15N5O3S. The molecule has 9 heteroatoms. The monoisotopic (exact) mass is 297 g/mol. The lowest BCUT2D eigenvalue weighted by molar-refractivity contribution is 0.337. The lowest BCUT2D eigenvalue weighted by Gasteiger charge is -2.09. The van der Waals surface area contributed by atoms with Crippen LogP contribution in [-0.2, 0) is 17.1 Å². The Morgan fingerprint density at radius 2 is 2.15 bits per heavy atom. The number of tetrazole rings is 1. The van der Waals surface area contributed by atoms with Crippen molar-refractivity contribution in [2.45, 2.75) is 18.7 Å². The maximum Gasteiger partial charge on any atom is 0.277 e. The summed E-state index contributed by atoms with van der Waals surface area (Å²) in [5.41, 5.74) is 0.738. The number of hydrogen-bond acceptors (Lipinski definition) is 6. The lowest BCUT2D eigenvalue weighted by atomic mass is 10.2. The molecule has 1 heterocycles. The average Bonchev–Trinajstić information content (AvgIpc) is 2.76. The van der Waals surface area contributed by atoms with Crippen LogP contribution in [0.25, 0.3) is 0 Å². The van der Waals surface area contributed by atoms with Gasteiger partial charge in [0.1, 0.15) is 5.75 Å². The molecule has 0 aliphatic heterocycles. The van der Waals surface area contributed by atoms with E-state index in [0.29, 0.717) is 12.4 Å². The molecule has 1 aromatic heterocycles. The molecule has 8 nitrogen and oxygen atoms in total. The molecule has 20 heavy (non-hydrogen) atoms. The molecule has 0 aliphatic carbocycles. The van der Waals surface area contributed by atoms with Crippen molar-refractivity contribution in [2.24, 2.45) is 7.05 Å². The van der Waals surface area contributed by atoms with Gasteiger partial charge >= 0.3 is 0 Å². The summed E-state index contributed by atoms with van der Waals surface area (Å²) >= 11 is 0. The van der Waals surface area contributed by atoms with E-state index in [1.165, 1.54) is 16.9 Å². The summed E-state index contributed by atoms with van der Waals surface area (Å²) in [6.07, 6.45) is 0. The molecule has 0 saturated carbocycles. The summed E-state index contributed by atoms with van der Waals surface area (Å²) in [5.74, 6) is 0.586. The van der Waals surface area contributed by atoms with Gasteiger partial charge in [-0.1, -0.05) is 5.10 Å². The largest absolute Gasteiger partial charge is 0.494 e. The third kappa shape index (κ3) is 3.05. The number of benzene rings is 1. The fourth-order valence-electron chi connectivity index (χ4n) is 1.61. The van der Waals surface area contributed by atoms with E-state index in [1.807, 2.05) is 6.92 Å². The first kappa shape index (κ1) is 14.3. The third-order valence-corrected chi connectivity index (χ3v) is 3.82. The molecule has 0 atom stereocenters. The Morgan fingerprint density at radius 1 is 1.40 bits per heavy atom. The summed E-state index contributed by atoms with van der Waals surface area (Å²) in [6.45, 7) is 4.17. The van der Waals surface area contributed by atoms with Crippen molar-refractivity contribution in [1.29, 1.82) is 0 Å². The Balaban J connectivity index is 2.27. The van der Waals surface area contributed by atoms with Crippen molar-refractivity contribution < 1.29 is 13.2 Å². The van der Waals surface area contributed by atoms with Gasteiger partial charge in [-0.25, -0.2) is 13.1 Å². The molecule has 2 rings (SSSR count). The second kappa shape index (κ2) is 5.45. The number of sulfonamides is 1. The topological polar surface area (TPSA) is 99.0 Å². The second-order valence-electron chi connectivity index (χ2n) is 4.07. The SMILES string of the molecule is CCOc1ccc(S(=O)(=O)Nc2nnn(C)n2)cc1C. The van der Waals surface area contributed by atoms with E-state index < -0.39 is 10.0 Å². The number of ether oxygens (including phenoxy) is 1. The normalized spacial score (nSPS) is 11.3. The van der Waals surface area contributed by atoms with Gasteiger partial charge in [-0.2, -0.15) is 4.80 Å². The zero-order valence-corrected chi connectivity index (χ0v) is 12.2. The van der Waals surface area contributed by atoms with Crippen LogP contribution in [0.1, 0.15) is 12.5 Å². The first-order chi connectivity index (χ1) is 9.42. The number of rotatable bonds is 5. The molecule has 0 amide bonds. The fraction of sp³-hybridized carbons (Fsp3) is 0.364. The summed E-state index contributed by atoms with van der Waals surface area (Å²) < 4.78 is 32.0. The summed E-state index contributed by atoms with van der Waals surface area (Å²) in [7, 11) is -2.19. The van der Waals surface area contributed by atoms with E-state index in [4.69, 9.17) is 4.74 Å². The van der Waals surface area contributed by atoms with E-state index in [1.54, 1.807) is 20.0 Å². The highest BCUT2D eigenvalue weighted by atomic mass is 32.2. The number of nitrogens with one attached hydrogen (secondary N) is 1. The summed E-state index contributed by atoms with van der Waals surface area (Å²) in [5, 5.41) is 10.9. The molecule has 1 N–H and O–H groups in total. The van der Waals surface area contributed by atoms with Crippen molar-refractivity contribution in [2.75, 3.05) is 11.3 Å². The molecule has 0 aliphatic rings. The fourth-order valence-corrected chi connectivity index (χ4v) is 2.63. The molecule has 0 fully saturated rings. The van der Waals surface area contributed by atoms with Crippen LogP contribution in [0.4, 0.5) is 5.95 Å². The number of nitrogens with zero attached hydrogens (tertiary/aromatic N) is 4. The number of anilines is 1. The van der Waals surface area contributed by atoms with Gasteiger partial charge in [-0.05, 0) is 42.8 Å². The zero-order valence-electron chi connectivity index (χ0n) is 11.4. The smallest absolute Gasteiger partial charge is 0.277 e. The van der Waals surface area contributed by atoms with Crippen LogP contribution in [0.5, 0.6) is 5.75 Å². The standard InChI is InChI=1S/C11H15N5O3S/c1-4-19-10-6-5-9(7-8(10)2)20(17,18)14-11-12-15-16(3)13-11/h5-7H,4H2,1-3H3,(H,13,14). The average molecular weight is 297 g/mol. The minimum absolute atomic E-state index is 0.0703. The van der Waals surface area contributed by atoms with Gasteiger partial charge in [-0.15, -0.1) is 5.10 Å². The molecule has 0 spiro atoms. The van der Waals surface area contributed by atoms with E-state index in [2.05, 4.69) is 20.1 Å². The Hall–Kier alpha value is -2.16. The van der Waals surface area contributed by atoms with Crippen LogP contribution in [-0.4, -0.2) is 35.2 Å². The van der Waals surface area contributed by atoms with Crippen molar-refractivity contribution in [3.8, 4) is 5.75 Å². The van der Waals surface area contributed by atoms with Crippen LogP contribution >= 0.6 is 0 Å². The minimum Gasteiger partial charge on any atom is -0.494 e. The Labute approximate surface area is 116 Å². The maximum atomic E-state index is 12.2. The van der Waals surface area contributed by atoms with Crippen LogP contribution in [0.3, 0.4) is 0 Å². The molecule has 0 saturated heterocycles.